The molecule has 0 aliphatic rings. The molecule has 0 atom stereocenters. The molecule has 1 aromatic carbocycles. The summed E-state index contributed by atoms with van der Waals surface area (Å²) < 4.78 is 14.5. The normalized spacial score (nSPS) is 11.5. The molecule has 0 spiro atoms. The van der Waals surface area contributed by atoms with Crippen molar-refractivity contribution in [2.45, 2.75) is 32.7 Å². The highest BCUT2D eigenvalue weighted by Gasteiger charge is 2.13. The van der Waals surface area contributed by atoms with Crippen molar-refractivity contribution in [2.75, 3.05) is 20.1 Å². The number of aliphatic imine (C=N–C) groups is 1. The number of carbonyl (C=O) groups is 1. The summed E-state index contributed by atoms with van der Waals surface area (Å²) in [4.78, 5) is 15.8. The monoisotopic (exact) mass is 514 g/mol. The van der Waals surface area contributed by atoms with Crippen LogP contribution in [0.25, 0.3) is 0 Å². The van der Waals surface area contributed by atoms with Gasteiger partial charge in [0.15, 0.2) is 5.96 Å². The molecule has 0 saturated heterocycles. The highest BCUT2D eigenvalue weighted by Crippen LogP contribution is 2.15. The number of carbonyl (C=O) groups excluding carboxylic acids is 1. The quantitative estimate of drug-likeness (QED) is 0.321. The maximum atomic E-state index is 13.6. The second-order valence-electron chi connectivity index (χ2n) is 6.14. The smallest absolute Gasteiger partial charge is 0.239 e. The lowest BCUT2D eigenvalue weighted by atomic mass is 10.1. The van der Waals surface area contributed by atoms with Gasteiger partial charge in [-0.25, -0.2) is 4.39 Å². The minimum absolute atomic E-state index is 0. The first-order valence-electron chi connectivity index (χ1n) is 7.41. The second kappa shape index (κ2) is 10.9. The second-order valence-corrected chi connectivity index (χ2v) is 7.05. The summed E-state index contributed by atoms with van der Waals surface area (Å²) in [6.45, 7) is 6.40. The van der Waals surface area contributed by atoms with E-state index in [-0.39, 0.29) is 47.8 Å². The van der Waals surface area contributed by atoms with Gasteiger partial charge in [0, 0.05) is 23.6 Å². The highest BCUT2D eigenvalue weighted by molar-refractivity contribution is 14.0. The molecule has 24 heavy (non-hydrogen) atoms. The summed E-state index contributed by atoms with van der Waals surface area (Å²) in [5.74, 6) is 0.158. The first-order valence-corrected chi connectivity index (χ1v) is 8.20. The van der Waals surface area contributed by atoms with E-state index in [0.717, 1.165) is 4.47 Å². The predicted octanol–water partition coefficient (Wildman–Crippen LogP) is 2.83. The predicted molar refractivity (Wildman–Crippen MR) is 110 cm³/mol. The molecule has 0 aliphatic heterocycles. The van der Waals surface area contributed by atoms with Crippen molar-refractivity contribution in [3.05, 3.63) is 34.1 Å². The summed E-state index contributed by atoms with van der Waals surface area (Å²) in [5, 5.41) is 8.84. The van der Waals surface area contributed by atoms with E-state index in [1.165, 1.54) is 6.07 Å². The minimum atomic E-state index is -0.270. The van der Waals surface area contributed by atoms with Crippen LogP contribution in [-0.4, -0.2) is 37.5 Å². The fourth-order valence-corrected chi connectivity index (χ4v) is 2.31. The number of hydrogen-bond acceptors (Lipinski definition) is 2. The number of guanidine groups is 1. The van der Waals surface area contributed by atoms with Gasteiger partial charge in [-0.3, -0.25) is 9.79 Å². The molecule has 1 rings (SSSR count). The molecule has 0 heterocycles. The molecule has 1 aromatic rings. The van der Waals surface area contributed by atoms with Crippen LogP contribution in [0.2, 0.25) is 0 Å². The number of nitrogens with zero attached hydrogens (tertiary/aromatic N) is 1. The third kappa shape index (κ3) is 9.41. The van der Waals surface area contributed by atoms with Crippen molar-refractivity contribution >= 4 is 51.8 Å². The first kappa shape index (κ1) is 23.1. The van der Waals surface area contributed by atoms with Crippen molar-refractivity contribution in [3.63, 3.8) is 0 Å². The molecule has 0 saturated carbocycles. The summed E-state index contributed by atoms with van der Waals surface area (Å²) in [7, 11) is 1.62. The highest BCUT2D eigenvalue weighted by atomic mass is 127. The summed E-state index contributed by atoms with van der Waals surface area (Å²) >= 11 is 3.33. The molecule has 0 bridgehead atoms. The van der Waals surface area contributed by atoms with E-state index in [1.54, 1.807) is 19.2 Å². The van der Waals surface area contributed by atoms with Crippen LogP contribution in [0, 0.1) is 5.82 Å². The molecule has 8 heteroatoms. The zero-order chi connectivity index (χ0) is 17.5. The Hall–Kier alpha value is -0.900. The fourth-order valence-electron chi connectivity index (χ4n) is 1.90. The Morgan fingerprint density at radius 2 is 1.96 bits per heavy atom. The SMILES string of the molecule is CN=C(NCCc1cc(Br)ccc1F)NCC(=O)NC(C)(C)C.I. The Balaban J connectivity index is 0.00000529. The maximum Gasteiger partial charge on any atom is 0.239 e. The van der Waals surface area contributed by atoms with Crippen LogP contribution < -0.4 is 16.0 Å². The van der Waals surface area contributed by atoms with E-state index in [9.17, 15) is 9.18 Å². The average molecular weight is 515 g/mol. The van der Waals surface area contributed by atoms with E-state index < -0.39 is 0 Å². The van der Waals surface area contributed by atoms with Gasteiger partial charge in [0.05, 0.1) is 6.54 Å². The van der Waals surface area contributed by atoms with Crippen LogP contribution in [0.3, 0.4) is 0 Å². The first-order chi connectivity index (χ1) is 10.7. The molecule has 5 nitrogen and oxygen atoms in total. The topological polar surface area (TPSA) is 65.5 Å². The zero-order valence-electron chi connectivity index (χ0n) is 14.4. The van der Waals surface area contributed by atoms with Crippen LogP contribution in [0.4, 0.5) is 4.39 Å². The van der Waals surface area contributed by atoms with Crippen molar-refractivity contribution in [2.24, 2.45) is 4.99 Å². The van der Waals surface area contributed by atoms with Crippen molar-refractivity contribution in [1.29, 1.82) is 0 Å². The van der Waals surface area contributed by atoms with Gasteiger partial charge in [-0.2, -0.15) is 0 Å². The summed E-state index contributed by atoms with van der Waals surface area (Å²) in [6.07, 6.45) is 0.514. The van der Waals surface area contributed by atoms with Gasteiger partial charge in [0.1, 0.15) is 5.82 Å². The molecule has 3 N–H and O–H groups in total. The molecular formula is C16H25BrFIN4O. The van der Waals surface area contributed by atoms with Gasteiger partial charge in [0.2, 0.25) is 5.91 Å². The largest absolute Gasteiger partial charge is 0.356 e. The third-order valence-electron chi connectivity index (χ3n) is 2.85. The van der Waals surface area contributed by atoms with E-state index in [2.05, 4.69) is 36.9 Å². The lowest BCUT2D eigenvalue weighted by Gasteiger charge is -2.21. The van der Waals surface area contributed by atoms with E-state index >= 15 is 0 Å². The standard InChI is InChI=1S/C16H24BrFN4O.HI/c1-16(2,3)22-14(23)10-21-15(19-4)20-8-7-11-9-12(17)5-6-13(11)18;/h5-6,9H,7-8,10H2,1-4H3,(H,22,23)(H2,19,20,21);1H. The Kier molecular flexibility index (Phi) is 10.5. The minimum Gasteiger partial charge on any atom is -0.356 e. The number of amides is 1. The molecule has 0 radical (unpaired) electrons. The lowest BCUT2D eigenvalue weighted by Crippen LogP contribution is -2.48. The average Bonchev–Trinajstić information content (AvgIpc) is 2.44. The number of benzene rings is 1. The Morgan fingerprint density at radius 3 is 2.54 bits per heavy atom. The molecule has 0 aromatic heterocycles. The van der Waals surface area contributed by atoms with Gasteiger partial charge in [0.25, 0.3) is 0 Å². The lowest BCUT2D eigenvalue weighted by molar-refractivity contribution is -0.121. The summed E-state index contributed by atoms with van der Waals surface area (Å²) in [5.41, 5.74) is 0.348. The fraction of sp³-hybridized carbons (Fsp3) is 0.500. The number of halogens is 3. The number of rotatable bonds is 5. The van der Waals surface area contributed by atoms with E-state index in [4.69, 9.17) is 0 Å². The van der Waals surface area contributed by atoms with Crippen LogP contribution in [0.15, 0.2) is 27.7 Å². The Morgan fingerprint density at radius 1 is 1.29 bits per heavy atom. The zero-order valence-corrected chi connectivity index (χ0v) is 18.3. The molecule has 0 fully saturated rings. The van der Waals surface area contributed by atoms with Gasteiger partial charge >= 0.3 is 0 Å². The molecular weight excluding hydrogens is 490 g/mol. The van der Waals surface area contributed by atoms with Crippen LogP contribution in [-0.2, 0) is 11.2 Å². The maximum absolute atomic E-state index is 13.6. The Labute approximate surface area is 168 Å². The molecule has 0 aliphatic carbocycles. The van der Waals surface area contributed by atoms with Gasteiger partial charge < -0.3 is 16.0 Å². The van der Waals surface area contributed by atoms with Crippen molar-refractivity contribution in [3.8, 4) is 0 Å². The number of hydrogen-bond donors (Lipinski definition) is 3. The molecule has 0 unspecified atom stereocenters. The van der Waals surface area contributed by atoms with E-state index in [1.807, 2.05) is 20.8 Å². The molecule has 136 valence electrons. The summed E-state index contributed by atoms with van der Waals surface area (Å²) in [6, 6.07) is 4.86. The van der Waals surface area contributed by atoms with Gasteiger partial charge in [-0.15, -0.1) is 24.0 Å². The Bertz CT molecular complexity index is 576. The number of nitrogens with one attached hydrogen (secondary N) is 3. The van der Waals surface area contributed by atoms with Crippen LogP contribution in [0.1, 0.15) is 26.3 Å². The van der Waals surface area contributed by atoms with Crippen LogP contribution in [0.5, 0.6) is 0 Å². The van der Waals surface area contributed by atoms with Crippen molar-refractivity contribution in [1.82, 2.24) is 16.0 Å². The van der Waals surface area contributed by atoms with Crippen molar-refractivity contribution < 1.29 is 9.18 Å². The van der Waals surface area contributed by atoms with Gasteiger partial charge in [-0.05, 0) is 51.0 Å². The molecule has 1 amide bonds. The van der Waals surface area contributed by atoms with Gasteiger partial charge in [-0.1, -0.05) is 15.9 Å². The third-order valence-corrected chi connectivity index (χ3v) is 3.34. The van der Waals surface area contributed by atoms with E-state index in [0.29, 0.717) is 24.5 Å². The van der Waals surface area contributed by atoms with Crippen LogP contribution >= 0.6 is 39.9 Å².